The molecular weight excluding hydrogens is 955 g/mol. The zero-order chi connectivity index (χ0) is 55.4. The number of hydrogen-bond acceptors (Lipinski definition) is 10. The molecule has 11 heteroatoms. The van der Waals surface area contributed by atoms with Crippen molar-refractivity contribution < 1.29 is 50.0 Å². The highest BCUT2D eigenvalue weighted by atomic mass is 16.7. The van der Waals surface area contributed by atoms with Gasteiger partial charge in [0.1, 0.15) is 36.6 Å². The van der Waals surface area contributed by atoms with Crippen LogP contribution in [0.1, 0.15) is 341 Å². The summed E-state index contributed by atoms with van der Waals surface area (Å²) in [5, 5.41) is 76.4. The summed E-state index contributed by atoms with van der Waals surface area (Å²) >= 11 is 0. The predicted octanol–water partition coefficient (Wildman–Crippen LogP) is 15.3. The minimum atomic E-state index is -1.66. The van der Waals surface area contributed by atoms with E-state index in [-0.39, 0.29) is 6.42 Å². The lowest BCUT2D eigenvalue weighted by atomic mass is 9.98. The SMILES string of the molecule is CCCCCCCCCCCCCCCCCCCCCCCCCCCCCCCC(O)C(=O)NC(COC1OC(CO)C(O)C(O)C1O)C(O)C(O)CCCCCCCCCCCCCCCCCCCCCC. The lowest BCUT2D eigenvalue weighted by molar-refractivity contribution is -0.303. The van der Waals surface area contributed by atoms with E-state index in [0.717, 1.165) is 38.5 Å². The van der Waals surface area contributed by atoms with Crippen LogP contribution in [-0.2, 0) is 14.3 Å². The number of aliphatic hydroxyl groups is 7. The van der Waals surface area contributed by atoms with Crippen LogP contribution in [0.3, 0.4) is 0 Å². The van der Waals surface area contributed by atoms with Crippen LogP contribution >= 0.6 is 0 Å². The van der Waals surface area contributed by atoms with E-state index in [1.165, 1.54) is 263 Å². The summed E-state index contributed by atoms with van der Waals surface area (Å²) in [6, 6.07) is -1.16. The van der Waals surface area contributed by atoms with Crippen molar-refractivity contribution in [2.24, 2.45) is 0 Å². The molecule has 1 amide bonds. The second kappa shape index (κ2) is 54.7. The first-order valence-corrected chi connectivity index (χ1v) is 33.4. The summed E-state index contributed by atoms with van der Waals surface area (Å²) in [7, 11) is 0. The average molecular weight is 1080 g/mol. The maximum atomic E-state index is 13.2. The zero-order valence-corrected chi connectivity index (χ0v) is 50.0. The number of unbranched alkanes of at least 4 members (excludes halogenated alkanes) is 47. The molecule has 454 valence electrons. The van der Waals surface area contributed by atoms with E-state index in [0.29, 0.717) is 19.3 Å². The smallest absolute Gasteiger partial charge is 0.249 e. The number of ether oxygens (including phenoxy) is 2. The van der Waals surface area contributed by atoms with Gasteiger partial charge in [-0.3, -0.25) is 4.79 Å². The van der Waals surface area contributed by atoms with Crippen LogP contribution in [0, 0.1) is 0 Å². The summed E-state index contributed by atoms with van der Waals surface area (Å²) in [5.74, 6) is -0.687. The van der Waals surface area contributed by atoms with Crippen molar-refractivity contribution in [2.45, 2.75) is 396 Å². The van der Waals surface area contributed by atoms with Crippen molar-refractivity contribution in [3.63, 3.8) is 0 Å². The fourth-order valence-electron chi connectivity index (χ4n) is 11.3. The minimum absolute atomic E-state index is 0.268. The quantitative estimate of drug-likeness (QED) is 0.0272. The van der Waals surface area contributed by atoms with Crippen LogP contribution in [0.5, 0.6) is 0 Å². The first kappa shape index (κ1) is 73.1. The Morgan fingerprint density at radius 1 is 0.408 bits per heavy atom. The Balaban J connectivity index is 2.20. The number of carbonyl (C=O) groups is 1. The van der Waals surface area contributed by atoms with Gasteiger partial charge in [-0.1, -0.05) is 328 Å². The van der Waals surface area contributed by atoms with Crippen molar-refractivity contribution in [1.29, 1.82) is 0 Å². The molecule has 0 saturated carbocycles. The highest BCUT2D eigenvalue weighted by Gasteiger charge is 2.44. The molecule has 1 rings (SSSR count). The second-order valence-corrected chi connectivity index (χ2v) is 23.9. The largest absolute Gasteiger partial charge is 0.394 e. The van der Waals surface area contributed by atoms with E-state index in [1.807, 2.05) is 0 Å². The monoisotopic (exact) mass is 1080 g/mol. The molecule has 9 atom stereocenters. The Morgan fingerprint density at radius 2 is 0.684 bits per heavy atom. The molecule has 0 aromatic carbocycles. The molecule has 0 spiro atoms. The van der Waals surface area contributed by atoms with Gasteiger partial charge in [0, 0.05) is 0 Å². The van der Waals surface area contributed by atoms with Crippen molar-refractivity contribution in [3.8, 4) is 0 Å². The second-order valence-electron chi connectivity index (χ2n) is 23.9. The molecule has 9 unspecified atom stereocenters. The fraction of sp³-hybridized carbons (Fsp3) is 0.985. The van der Waals surface area contributed by atoms with Crippen LogP contribution < -0.4 is 5.32 Å². The normalized spacial score (nSPS) is 19.5. The van der Waals surface area contributed by atoms with E-state index < -0.39 is 74.2 Å². The van der Waals surface area contributed by atoms with Crippen LogP contribution in [0.25, 0.3) is 0 Å². The highest BCUT2D eigenvalue weighted by molar-refractivity contribution is 5.80. The Kier molecular flexibility index (Phi) is 52.6. The van der Waals surface area contributed by atoms with E-state index in [9.17, 15) is 40.5 Å². The number of amides is 1. The molecule has 0 bridgehead atoms. The maximum absolute atomic E-state index is 13.2. The van der Waals surface area contributed by atoms with Crippen molar-refractivity contribution in [3.05, 3.63) is 0 Å². The van der Waals surface area contributed by atoms with Crippen molar-refractivity contribution >= 4 is 5.91 Å². The minimum Gasteiger partial charge on any atom is -0.394 e. The highest BCUT2D eigenvalue weighted by Crippen LogP contribution is 2.24. The van der Waals surface area contributed by atoms with Gasteiger partial charge in [0.05, 0.1) is 25.4 Å². The van der Waals surface area contributed by atoms with E-state index >= 15 is 0 Å². The molecular formula is C65H129NO10. The number of aliphatic hydroxyl groups excluding tert-OH is 7. The summed E-state index contributed by atoms with van der Waals surface area (Å²) < 4.78 is 11.2. The van der Waals surface area contributed by atoms with Gasteiger partial charge >= 0.3 is 0 Å². The summed E-state index contributed by atoms with van der Waals surface area (Å²) in [6.45, 7) is 3.52. The topological polar surface area (TPSA) is 189 Å². The molecule has 0 aliphatic carbocycles. The van der Waals surface area contributed by atoms with Gasteiger partial charge in [-0.15, -0.1) is 0 Å². The van der Waals surface area contributed by atoms with Crippen LogP contribution in [0.4, 0.5) is 0 Å². The van der Waals surface area contributed by atoms with Gasteiger partial charge in [-0.25, -0.2) is 0 Å². The number of carbonyl (C=O) groups excluding carboxylic acids is 1. The van der Waals surface area contributed by atoms with Gasteiger partial charge in [0.2, 0.25) is 5.91 Å². The maximum Gasteiger partial charge on any atom is 0.249 e. The molecule has 0 aromatic rings. The molecule has 1 aliphatic heterocycles. The summed E-state index contributed by atoms with van der Waals surface area (Å²) in [6.07, 6.45) is 53.2. The third kappa shape index (κ3) is 42.0. The first-order chi connectivity index (χ1) is 37.2. The zero-order valence-electron chi connectivity index (χ0n) is 50.0. The molecule has 0 radical (unpaired) electrons. The average Bonchev–Trinajstić information content (AvgIpc) is 3.42. The molecule has 8 N–H and O–H groups in total. The molecule has 1 fully saturated rings. The lowest BCUT2D eigenvalue weighted by Gasteiger charge is -2.40. The van der Waals surface area contributed by atoms with E-state index in [2.05, 4.69) is 19.2 Å². The van der Waals surface area contributed by atoms with Crippen LogP contribution in [0.15, 0.2) is 0 Å². The molecule has 76 heavy (non-hydrogen) atoms. The first-order valence-electron chi connectivity index (χ1n) is 33.4. The van der Waals surface area contributed by atoms with Gasteiger partial charge < -0.3 is 50.5 Å². The number of nitrogens with one attached hydrogen (secondary N) is 1. The van der Waals surface area contributed by atoms with Gasteiger partial charge in [-0.05, 0) is 12.8 Å². The molecule has 1 heterocycles. The summed E-state index contributed by atoms with van der Waals surface area (Å²) in [4.78, 5) is 13.2. The van der Waals surface area contributed by atoms with Crippen LogP contribution in [0.2, 0.25) is 0 Å². The summed E-state index contributed by atoms with van der Waals surface area (Å²) in [5.41, 5.74) is 0. The standard InChI is InChI=1S/C65H129NO10/c1-3-5-7-9-11-13-15-17-19-21-23-25-26-27-28-29-30-31-32-33-35-37-39-41-43-45-47-49-51-53-58(69)64(74)66-56(55-75-65-63(73)62(72)61(71)59(54-67)76-65)60(70)57(68)52-50-48-46-44-42-40-38-36-34-24-22-20-18-16-14-12-10-8-6-4-2/h56-63,65,67-73H,3-55H2,1-2H3,(H,66,74). The number of hydrogen-bond donors (Lipinski definition) is 8. The molecule has 0 aromatic heterocycles. The van der Waals surface area contributed by atoms with Gasteiger partial charge in [-0.2, -0.15) is 0 Å². The van der Waals surface area contributed by atoms with Gasteiger partial charge in [0.25, 0.3) is 0 Å². The third-order valence-electron chi connectivity index (χ3n) is 16.7. The number of rotatable bonds is 59. The Bertz CT molecular complexity index is 1200. The third-order valence-corrected chi connectivity index (χ3v) is 16.7. The van der Waals surface area contributed by atoms with Crippen LogP contribution in [-0.4, -0.2) is 110 Å². The fourth-order valence-corrected chi connectivity index (χ4v) is 11.3. The van der Waals surface area contributed by atoms with Crippen molar-refractivity contribution in [1.82, 2.24) is 5.32 Å². The Morgan fingerprint density at radius 3 is 0.974 bits per heavy atom. The molecule has 1 aliphatic rings. The van der Waals surface area contributed by atoms with E-state index in [4.69, 9.17) is 9.47 Å². The molecule has 1 saturated heterocycles. The van der Waals surface area contributed by atoms with E-state index in [1.54, 1.807) is 0 Å². The predicted molar refractivity (Wildman–Crippen MR) is 316 cm³/mol. The molecule has 11 nitrogen and oxygen atoms in total. The Labute approximate surface area is 469 Å². The van der Waals surface area contributed by atoms with Crippen molar-refractivity contribution in [2.75, 3.05) is 13.2 Å². The van der Waals surface area contributed by atoms with Gasteiger partial charge in [0.15, 0.2) is 6.29 Å². The Hall–Kier alpha value is -0.890. The lowest BCUT2D eigenvalue weighted by Crippen LogP contribution is -2.60.